The van der Waals surface area contributed by atoms with E-state index in [1.807, 2.05) is 13.8 Å². The summed E-state index contributed by atoms with van der Waals surface area (Å²) in [4.78, 5) is 2.31. The topological polar surface area (TPSA) is 3.24 Å². The molecular weight excluding hydrogens is 218 g/mol. The van der Waals surface area contributed by atoms with Gasteiger partial charge in [-0.15, -0.1) is 0 Å². The van der Waals surface area contributed by atoms with Gasteiger partial charge in [0.1, 0.15) is 0 Å². The van der Waals surface area contributed by atoms with E-state index in [0.29, 0.717) is 0 Å². The third-order valence-electron chi connectivity index (χ3n) is 2.66. The zero-order valence-electron chi connectivity index (χ0n) is 11.6. The maximum Gasteiger partial charge on any atom is 0.0410 e. The molecule has 0 atom stereocenters. The predicted octanol–water partition coefficient (Wildman–Crippen LogP) is 4.94. The van der Waals surface area contributed by atoms with Crippen molar-refractivity contribution in [1.29, 1.82) is 0 Å². The number of likely N-dealkylation sites (N-methyl/N-ethyl adjacent to an activating group) is 1. The van der Waals surface area contributed by atoms with Crippen LogP contribution in [0.3, 0.4) is 0 Å². The van der Waals surface area contributed by atoms with Crippen molar-refractivity contribution in [3.05, 3.63) is 66.4 Å². The standard InChI is InChI=1S/C15H17N.C2H6/c1-2-16(15-12-8-5-9-13-15)14-10-6-3-4-7-11-14;1-2/h3,5-13H,2,4H2,1H3;1-2H3. The van der Waals surface area contributed by atoms with Crippen LogP contribution in [0.5, 0.6) is 0 Å². The van der Waals surface area contributed by atoms with Gasteiger partial charge in [0.2, 0.25) is 0 Å². The van der Waals surface area contributed by atoms with Gasteiger partial charge in [-0.05, 0) is 37.6 Å². The molecule has 1 aromatic carbocycles. The Balaban J connectivity index is 0.000000771. The summed E-state index contributed by atoms with van der Waals surface area (Å²) in [5.41, 5.74) is 2.50. The molecule has 0 saturated heterocycles. The zero-order chi connectivity index (χ0) is 13.2. The Labute approximate surface area is 111 Å². The van der Waals surface area contributed by atoms with Crippen LogP contribution in [0.4, 0.5) is 5.69 Å². The summed E-state index contributed by atoms with van der Waals surface area (Å²) in [6.45, 7) is 7.16. The van der Waals surface area contributed by atoms with E-state index < -0.39 is 0 Å². The summed E-state index contributed by atoms with van der Waals surface area (Å²) in [6.07, 6.45) is 11.9. The van der Waals surface area contributed by atoms with E-state index >= 15 is 0 Å². The molecule has 0 bridgehead atoms. The van der Waals surface area contributed by atoms with Gasteiger partial charge in [0.05, 0.1) is 0 Å². The fraction of sp³-hybridized carbons (Fsp3) is 0.294. The summed E-state index contributed by atoms with van der Waals surface area (Å²) in [7, 11) is 0. The van der Waals surface area contributed by atoms with Crippen LogP contribution in [0, 0.1) is 0 Å². The van der Waals surface area contributed by atoms with E-state index in [-0.39, 0.29) is 0 Å². The molecule has 1 aliphatic rings. The third-order valence-corrected chi connectivity index (χ3v) is 2.66. The van der Waals surface area contributed by atoms with E-state index in [1.54, 1.807) is 0 Å². The average molecular weight is 241 g/mol. The van der Waals surface area contributed by atoms with Gasteiger partial charge >= 0.3 is 0 Å². The van der Waals surface area contributed by atoms with Crippen LogP contribution < -0.4 is 4.90 Å². The van der Waals surface area contributed by atoms with Crippen molar-refractivity contribution in [2.45, 2.75) is 27.2 Å². The molecule has 1 heteroatoms. The zero-order valence-corrected chi connectivity index (χ0v) is 11.6. The molecule has 0 N–H and O–H groups in total. The minimum atomic E-state index is 0.980. The van der Waals surface area contributed by atoms with Crippen LogP contribution in [0.2, 0.25) is 0 Å². The maximum absolute atomic E-state index is 2.31. The first-order chi connectivity index (χ1) is 8.92. The van der Waals surface area contributed by atoms with Gasteiger partial charge in [-0.2, -0.15) is 0 Å². The second-order valence-corrected chi connectivity index (χ2v) is 3.74. The lowest BCUT2D eigenvalue weighted by molar-refractivity contribution is 0.978. The first-order valence-electron chi connectivity index (χ1n) is 6.78. The minimum absolute atomic E-state index is 0.980. The van der Waals surface area contributed by atoms with Gasteiger partial charge < -0.3 is 4.90 Å². The van der Waals surface area contributed by atoms with E-state index in [2.05, 4.69) is 72.5 Å². The Bertz CT molecular complexity index is 412. The Morgan fingerprint density at radius 2 is 1.78 bits per heavy atom. The van der Waals surface area contributed by atoms with Crippen molar-refractivity contribution in [1.82, 2.24) is 0 Å². The SMILES string of the molecule is CC.CCN(C1=CC=CCC=C1)c1ccccc1. The predicted molar refractivity (Wildman–Crippen MR) is 81.8 cm³/mol. The summed E-state index contributed by atoms with van der Waals surface area (Å²) in [5.74, 6) is 0. The smallest absolute Gasteiger partial charge is 0.0410 e. The van der Waals surface area contributed by atoms with Crippen LogP contribution in [0.1, 0.15) is 27.2 Å². The molecule has 18 heavy (non-hydrogen) atoms. The second kappa shape index (κ2) is 8.35. The summed E-state index contributed by atoms with van der Waals surface area (Å²) < 4.78 is 0. The number of nitrogens with zero attached hydrogens (tertiary/aromatic N) is 1. The van der Waals surface area contributed by atoms with Crippen molar-refractivity contribution in [3.8, 4) is 0 Å². The quantitative estimate of drug-likeness (QED) is 0.724. The highest BCUT2D eigenvalue weighted by molar-refractivity contribution is 5.55. The fourth-order valence-corrected chi connectivity index (χ4v) is 1.87. The lowest BCUT2D eigenvalue weighted by atomic mass is 10.2. The molecule has 2 rings (SSSR count). The third kappa shape index (κ3) is 3.92. The largest absolute Gasteiger partial charge is 0.342 e. The van der Waals surface area contributed by atoms with E-state index in [1.165, 1.54) is 11.4 Å². The van der Waals surface area contributed by atoms with Gasteiger partial charge in [0.25, 0.3) is 0 Å². The molecule has 0 spiro atoms. The van der Waals surface area contributed by atoms with Crippen molar-refractivity contribution in [3.63, 3.8) is 0 Å². The molecule has 1 aromatic rings. The van der Waals surface area contributed by atoms with E-state index in [0.717, 1.165) is 13.0 Å². The Kier molecular flexibility index (Phi) is 6.63. The summed E-state index contributed by atoms with van der Waals surface area (Å²) in [5, 5.41) is 0. The molecule has 0 aliphatic heterocycles. The summed E-state index contributed by atoms with van der Waals surface area (Å²) in [6, 6.07) is 10.5. The summed E-state index contributed by atoms with van der Waals surface area (Å²) >= 11 is 0. The number of anilines is 1. The van der Waals surface area contributed by atoms with Gasteiger partial charge in [-0.3, -0.25) is 0 Å². The van der Waals surface area contributed by atoms with Crippen molar-refractivity contribution >= 4 is 5.69 Å². The number of benzene rings is 1. The molecule has 0 radical (unpaired) electrons. The van der Waals surface area contributed by atoms with Gasteiger partial charge in [-0.1, -0.05) is 50.3 Å². The number of allylic oxidation sites excluding steroid dienone is 5. The number of hydrogen-bond donors (Lipinski definition) is 0. The highest BCUT2D eigenvalue weighted by Gasteiger charge is 2.06. The number of hydrogen-bond acceptors (Lipinski definition) is 1. The minimum Gasteiger partial charge on any atom is -0.342 e. The van der Waals surface area contributed by atoms with Crippen molar-refractivity contribution in [2.24, 2.45) is 0 Å². The van der Waals surface area contributed by atoms with Gasteiger partial charge in [-0.25, -0.2) is 0 Å². The van der Waals surface area contributed by atoms with Gasteiger partial charge in [0, 0.05) is 17.9 Å². The average Bonchev–Trinajstić information content (AvgIpc) is 2.72. The molecule has 0 amide bonds. The van der Waals surface area contributed by atoms with E-state index in [4.69, 9.17) is 0 Å². The number of para-hydroxylation sites is 1. The Morgan fingerprint density at radius 3 is 2.44 bits per heavy atom. The second-order valence-electron chi connectivity index (χ2n) is 3.74. The molecule has 0 fully saturated rings. The first-order valence-corrected chi connectivity index (χ1v) is 6.78. The van der Waals surface area contributed by atoms with E-state index in [9.17, 15) is 0 Å². The van der Waals surface area contributed by atoms with Crippen LogP contribution in [-0.2, 0) is 0 Å². The molecule has 0 saturated carbocycles. The maximum atomic E-state index is 2.31. The number of rotatable bonds is 3. The first kappa shape index (κ1) is 14.3. The lowest BCUT2D eigenvalue weighted by Gasteiger charge is -2.24. The van der Waals surface area contributed by atoms with Gasteiger partial charge in [0.15, 0.2) is 0 Å². The molecule has 96 valence electrons. The Hall–Kier alpha value is -1.76. The molecular formula is C17H23N. The lowest BCUT2D eigenvalue weighted by Crippen LogP contribution is -2.20. The van der Waals surface area contributed by atoms with Crippen LogP contribution in [-0.4, -0.2) is 6.54 Å². The molecule has 0 heterocycles. The highest BCUT2D eigenvalue weighted by Crippen LogP contribution is 2.20. The Morgan fingerprint density at radius 1 is 1.06 bits per heavy atom. The normalized spacial score (nSPS) is 13.2. The van der Waals surface area contributed by atoms with Crippen molar-refractivity contribution in [2.75, 3.05) is 11.4 Å². The fourth-order valence-electron chi connectivity index (χ4n) is 1.87. The molecule has 1 aliphatic carbocycles. The van der Waals surface area contributed by atoms with Crippen molar-refractivity contribution < 1.29 is 0 Å². The molecule has 0 unspecified atom stereocenters. The molecule has 1 nitrogen and oxygen atoms in total. The molecule has 0 aromatic heterocycles. The van der Waals surface area contributed by atoms with Crippen LogP contribution >= 0.6 is 0 Å². The highest BCUT2D eigenvalue weighted by atomic mass is 15.1. The van der Waals surface area contributed by atoms with Crippen LogP contribution in [0.15, 0.2) is 66.4 Å². The monoisotopic (exact) mass is 241 g/mol. The van der Waals surface area contributed by atoms with Crippen LogP contribution in [0.25, 0.3) is 0 Å².